The number of nitrogen functional groups attached to an aromatic ring is 1. The number of aromatic nitrogens is 1. The van der Waals surface area contributed by atoms with Gasteiger partial charge in [-0.2, -0.15) is 0 Å². The SMILES string of the molecule is CNC(=O)C1CC2CC3(C1)CC(C3)C2OC(=O)N1CC[C@@H](Nc2ccc(N)cn2)C1. The summed E-state index contributed by atoms with van der Waals surface area (Å²) in [5.74, 6) is 1.75. The van der Waals surface area contributed by atoms with Gasteiger partial charge in [-0.05, 0) is 67.9 Å². The van der Waals surface area contributed by atoms with Crippen molar-refractivity contribution in [1.82, 2.24) is 15.2 Å². The summed E-state index contributed by atoms with van der Waals surface area (Å²) in [7, 11) is 1.71. The Morgan fingerprint density at radius 3 is 2.77 bits per heavy atom. The van der Waals surface area contributed by atoms with Crippen molar-refractivity contribution < 1.29 is 14.3 Å². The molecule has 5 fully saturated rings. The lowest BCUT2D eigenvalue weighted by Crippen LogP contribution is -2.59. The van der Waals surface area contributed by atoms with E-state index >= 15 is 0 Å². The number of amides is 2. The summed E-state index contributed by atoms with van der Waals surface area (Å²) in [4.78, 5) is 31.2. The van der Waals surface area contributed by atoms with Gasteiger partial charge in [-0.1, -0.05) is 0 Å². The number of carbonyl (C=O) groups excluding carboxylic acids is 2. The highest BCUT2D eigenvalue weighted by molar-refractivity contribution is 5.78. The van der Waals surface area contributed by atoms with Gasteiger partial charge in [0.2, 0.25) is 5.91 Å². The van der Waals surface area contributed by atoms with Crippen LogP contribution in [0.1, 0.15) is 38.5 Å². The van der Waals surface area contributed by atoms with Gasteiger partial charge in [0.05, 0.1) is 11.9 Å². The molecule has 4 aliphatic carbocycles. The maximum Gasteiger partial charge on any atom is 0.410 e. The highest BCUT2D eigenvalue weighted by Gasteiger charge is 2.60. The lowest BCUT2D eigenvalue weighted by molar-refractivity contribution is -0.175. The summed E-state index contributed by atoms with van der Waals surface area (Å²) in [6, 6.07) is 3.82. The van der Waals surface area contributed by atoms with Crippen LogP contribution in [-0.2, 0) is 9.53 Å². The number of anilines is 2. The molecule has 0 aromatic carbocycles. The highest BCUT2D eigenvalue weighted by Crippen LogP contribution is 2.65. The van der Waals surface area contributed by atoms with E-state index in [1.165, 1.54) is 0 Å². The van der Waals surface area contributed by atoms with Crippen molar-refractivity contribution in [2.75, 3.05) is 31.2 Å². The first-order valence-electron chi connectivity index (χ1n) is 11.1. The predicted molar refractivity (Wildman–Crippen MR) is 113 cm³/mol. The van der Waals surface area contributed by atoms with Gasteiger partial charge < -0.3 is 26.0 Å². The van der Waals surface area contributed by atoms with Crippen LogP contribution in [-0.4, -0.2) is 54.2 Å². The standard InChI is InChI=1S/C22H31N5O3/c1-24-20(28)14-6-13-7-22(8-14)9-15(10-22)19(13)30-21(29)27-5-4-17(12-27)26-18-3-2-16(23)11-25-18/h2-3,11,13-15,17,19H,4-10,12,23H2,1H3,(H,24,28)(H,25,26)/t13?,14?,15?,17-,19?,22?/m1/s1. The minimum Gasteiger partial charge on any atom is -0.446 e. The number of carbonyl (C=O) groups is 2. The van der Waals surface area contributed by atoms with Crippen molar-refractivity contribution in [3.63, 3.8) is 0 Å². The van der Waals surface area contributed by atoms with Crippen LogP contribution in [0.3, 0.4) is 0 Å². The molecule has 3 unspecified atom stereocenters. The summed E-state index contributed by atoms with van der Waals surface area (Å²) in [5.41, 5.74) is 6.64. The Morgan fingerprint density at radius 1 is 1.23 bits per heavy atom. The van der Waals surface area contributed by atoms with Crippen LogP contribution in [0.4, 0.5) is 16.3 Å². The van der Waals surface area contributed by atoms with Gasteiger partial charge in [0.1, 0.15) is 11.9 Å². The number of nitrogens with two attached hydrogens (primary N) is 1. The number of rotatable bonds is 4. The van der Waals surface area contributed by atoms with Gasteiger partial charge >= 0.3 is 6.09 Å². The first-order chi connectivity index (χ1) is 14.4. The highest BCUT2D eigenvalue weighted by atomic mass is 16.6. The van der Waals surface area contributed by atoms with Crippen LogP contribution in [0.5, 0.6) is 0 Å². The average Bonchev–Trinajstić information content (AvgIpc) is 3.18. The lowest BCUT2D eigenvalue weighted by Gasteiger charge is -2.62. The molecular formula is C22H31N5O3. The van der Waals surface area contributed by atoms with E-state index in [-0.39, 0.29) is 30.1 Å². The van der Waals surface area contributed by atoms with Crippen LogP contribution >= 0.6 is 0 Å². The number of hydrogen-bond acceptors (Lipinski definition) is 6. The first kappa shape index (κ1) is 19.5. The van der Waals surface area contributed by atoms with E-state index in [1.807, 2.05) is 12.1 Å². The molecule has 3 bridgehead atoms. The molecule has 162 valence electrons. The zero-order chi connectivity index (χ0) is 20.9. The molecule has 1 spiro atoms. The Bertz CT molecular complexity index is 823. The monoisotopic (exact) mass is 413 g/mol. The fraction of sp³-hybridized carbons (Fsp3) is 0.682. The molecular weight excluding hydrogens is 382 g/mol. The Labute approximate surface area is 176 Å². The summed E-state index contributed by atoms with van der Waals surface area (Å²) >= 11 is 0. The Kier molecular flexibility index (Phi) is 4.75. The van der Waals surface area contributed by atoms with E-state index in [4.69, 9.17) is 10.5 Å². The van der Waals surface area contributed by atoms with Gasteiger partial charge in [0.25, 0.3) is 0 Å². The maximum atomic E-state index is 12.9. The second kappa shape index (κ2) is 7.32. The maximum absolute atomic E-state index is 12.9. The second-order valence-electron chi connectivity index (χ2n) is 9.78. The van der Waals surface area contributed by atoms with Crippen molar-refractivity contribution in [3.05, 3.63) is 18.3 Å². The third kappa shape index (κ3) is 3.46. The van der Waals surface area contributed by atoms with Crippen molar-refractivity contribution in [1.29, 1.82) is 0 Å². The third-order valence-electron chi connectivity index (χ3n) is 7.72. The van der Waals surface area contributed by atoms with Gasteiger partial charge in [-0.3, -0.25) is 4.79 Å². The third-order valence-corrected chi connectivity index (χ3v) is 7.72. The van der Waals surface area contributed by atoms with Gasteiger partial charge in [0.15, 0.2) is 0 Å². The first-order valence-corrected chi connectivity index (χ1v) is 11.1. The van der Waals surface area contributed by atoms with Crippen molar-refractivity contribution in [3.8, 4) is 0 Å². The molecule has 30 heavy (non-hydrogen) atoms. The van der Waals surface area contributed by atoms with E-state index in [9.17, 15) is 9.59 Å². The molecule has 1 aromatic rings. The van der Waals surface area contributed by atoms with Gasteiger partial charge in [-0.25, -0.2) is 9.78 Å². The summed E-state index contributed by atoms with van der Waals surface area (Å²) in [6.07, 6.45) is 7.36. The number of pyridine rings is 1. The van der Waals surface area contributed by atoms with Crippen molar-refractivity contribution in [2.45, 2.75) is 50.7 Å². The molecule has 1 aromatic heterocycles. The summed E-state index contributed by atoms with van der Waals surface area (Å²) in [5, 5.41) is 6.18. The molecule has 6 rings (SSSR count). The second-order valence-corrected chi connectivity index (χ2v) is 9.78. The van der Waals surface area contributed by atoms with E-state index in [0.29, 0.717) is 36.0 Å². The zero-order valence-electron chi connectivity index (χ0n) is 17.5. The van der Waals surface area contributed by atoms with E-state index in [1.54, 1.807) is 18.1 Å². The van der Waals surface area contributed by atoms with E-state index in [2.05, 4.69) is 15.6 Å². The van der Waals surface area contributed by atoms with E-state index < -0.39 is 0 Å². The molecule has 8 nitrogen and oxygen atoms in total. The molecule has 4 saturated carbocycles. The predicted octanol–water partition coefficient (Wildman–Crippen LogP) is 2.23. The fourth-order valence-corrected chi connectivity index (χ4v) is 6.48. The molecule has 4 atom stereocenters. The van der Waals surface area contributed by atoms with Gasteiger partial charge in [-0.15, -0.1) is 0 Å². The number of hydrogen-bond donors (Lipinski definition) is 3. The number of nitrogens with one attached hydrogen (secondary N) is 2. The minimum absolute atomic E-state index is 0.0439. The summed E-state index contributed by atoms with van der Waals surface area (Å²) < 4.78 is 6.08. The molecule has 0 radical (unpaired) electrons. The molecule has 1 aliphatic heterocycles. The number of nitrogens with zero attached hydrogens (tertiary/aromatic N) is 2. The largest absolute Gasteiger partial charge is 0.446 e. The van der Waals surface area contributed by atoms with Crippen molar-refractivity contribution >= 4 is 23.5 Å². The lowest BCUT2D eigenvalue weighted by atomic mass is 9.44. The molecule has 2 heterocycles. The van der Waals surface area contributed by atoms with Crippen LogP contribution in [0.15, 0.2) is 18.3 Å². The normalized spacial score (nSPS) is 36.6. The topological polar surface area (TPSA) is 110 Å². The zero-order valence-corrected chi connectivity index (χ0v) is 17.5. The Balaban J connectivity index is 1.18. The smallest absolute Gasteiger partial charge is 0.410 e. The van der Waals surface area contributed by atoms with Gasteiger partial charge in [0, 0.05) is 32.1 Å². The molecule has 2 amide bonds. The molecule has 5 aliphatic rings. The molecule has 4 N–H and O–H groups in total. The number of likely N-dealkylation sites (tertiary alicyclic amines) is 1. The quantitative estimate of drug-likeness (QED) is 0.698. The van der Waals surface area contributed by atoms with E-state index in [0.717, 1.165) is 44.3 Å². The molecule has 8 heteroatoms. The van der Waals surface area contributed by atoms with Crippen LogP contribution < -0.4 is 16.4 Å². The molecule has 1 saturated heterocycles. The van der Waals surface area contributed by atoms with Crippen LogP contribution in [0.2, 0.25) is 0 Å². The Morgan fingerprint density at radius 2 is 2.03 bits per heavy atom. The fourth-order valence-electron chi connectivity index (χ4n) is 6.48. The Hall–Kier alpha value is -2.51. The average molecular weight is 414 g/mol. The van der Waals surface area contributed by atoms with Crippen molar-refractivity contribution in [2.24, 2.45) is 23.2 Å². The number of ether oxygens (including phenoxy) is 1. The van der Waals surface area contributed by atoms with Crippen LogP contribution in [0.25, 0.3) is 0 Å². The van der Waals surface area contributed by atoms with Crippen LogP contribution in [0, 0.1) is 23.2 Å². The summed E-state index contributed by atoms with van der Waals surface area (Å²) in [6.45, 7) is 1.29. The minimum atomic E-state index is -0.212.